The number of hydrogen-bond acceptors (Lipinski definition) is 5. The van der Waals surface area contributed by atoms with Gasteiger partial charge in [-0.2, -0.15) is 0 Å². The van der Waals surface area contributed by atoms with E-state index in [9.17, 15) is 0 Å². The molecule has 0 saturated carbocycles. The summed E-state index contributed by atoms with van der Waals surface area (Å²) in [4.78, 5) is 12.6. The molecule has 0 amide bonds. The van der Waals surface area contributed by atoms with E-state index in [0.29, 0.717) is 0 Å². The van der Waals surface area contributed by atoms with E-state index in [2.05, 4.69) is 58.6 Å². The molecule has 0 fully saturated rings. The van der Waals surface area contributed by atoms with Gasteiger partial charge in [0.2, 0.25) is 5.95 Å². The average molecular weight is 304 g/mol. The van der Waals surface area contributed by atoms with E-state index in [1.54, 1.807) is 11.3 Å². The maximum absolute atomic E-state index is 4.63. The predicted octanol–water partition coefficient (Wildman–Crippen LogP) is 3.03. The first-order valence-corrected chi connectivity index (χ1v) is 8.35. The van der Waals surface area contributed by atoms with Gasteiger partial charge in [0.1, 0.15) is 0 Å². The highest BCUT2D eigenvalue weighted by Crippen LogP contribution is 2.13. The quantitative estimate of drug-likeness (QED) is 0.761. The summed E-state index contributed by atoms with van der Waals surface area (Å²) in [5, 5.41) is 5.51. The molecule has 0 radical (unpaired) electrons. The van der Waals surface area contributed by atoms with Gasteiger partial charge in [-0.25, -0.2) is 9.97 Å². The Morgan fingerprint density at radius 3 is 2.90 bits per heavy atom. The molecule has 2 aromatic heterocycles. The molecule has 1 N–H and O–H groups in total. The SMILES string of the molecule is CCCNCc1cnc(N(C)CCc2cccs2)nc1C. The van der Waals surface area contributed by atoms with Crippen molar-refractivity contribution < 1.29 is 0 Å². The third-order valence-corrected chi connectivity index (χ3v) is 4.36. The van der Waals surface area contributed by atoms with Crippen LogP contribution in [0.15, 0.2) is 23.7 Å². The first kappa shape index (κ1) is 15.9. The normalized spacial score (nSPS) is 10.8. The zero-order valence-electron chi connectivity index (χ0n) is 13.1. The van der Waals surface area contributed by atoms with E-state index in [1.165, 1.54) is 10.4 Å². The van der Waals surface area contributed by atoms with Crippen LogP contribution in [-0.2, 0) is 13.0 Å². The van der Waals surface area contributed by atoms with Gasteiger partial charge in [-0.3, -0.25) is 0 Å². The van der Waals surface area contributed by atoms with Crippen LogP contribution >= 0.6 is 11.3 Å². The Kier molecular flexibility index (Phi) is 6.14. The second kappa shape index (κ2) is 8.10. The molecule has 0 aliphatic heterocycles. The monoisotopic (exact) mass is 304 g/mol. The fourth-order valence-corrected chi connectivity index (χ4v) is 2.77. The highest BCUT2D eigenvalue weighted by atomic mass is 32.1. The second-order valence-corrected chi connectivity index (χ2v) is 6.24. The summed E-state index contributed by atoms with van der Waals surface area (Å²) < 4.78 is 0. The molecular weight excluding hydrogens is 280 g/mol. The zero-order valence-corrected chi connectivity index (χ0v) is 13.9. The van der Waals surface area contributed by atoms with Crippen molar-refractivity contribution in [3.05, 3.63) is 39.8 Å². The number of aryl methyl sites for hydroxylation is 1. The van der Waals surface area contributed by atoms with E-state index < -0.39 is 0 Å². The number of nitrogens with one attached hydrogen (secondary N) is 1. The predicted molar refractivity (Wildman–Crippen MR) is 90.1 cm³/mol. The Hall–Kier alpha value is -1.46. The van der Waals surface area contributed by atoms with Crippen molar-refractivity contribution in [1.82, 2.24) is 15.3 Å². The van der Waals surface area contributed by atoms with Crippen LogP contribution in [0, 0.1) is 6.92 Å². The summed E-state index contributed by atoms with van der Waals surface area (Å²) in [5.74, 6) is 0.809. The van der Waals surface area contributed by atoms with Crippen LogP contribution in [0.25, 0.3) is 0 Å². The summed E-state index contributed by atoms with van der Waals surface area (Å²) >= 11 is 1.80. The van der Waals surface area contributed by atoms with Gasteiger partial charge in [-0.05, 0) is 37.8 Å². The molecular formula is C16H24N4S. The Bertz CT molecular complexity index is 539. The molecule has 2 aromatic rings. The van der Waals surface area contributed by atoms with Gasteiger partial charge < -0.3 is 10.2 Å². The molecule has 2 rings (SSSR count). The molecule has 2 heterocycles. The lowest BCUT2D eigenvalue weighted by molar-refractivity contribution is 0.667. The Morgan fingerprint density at radius 1 is 1.38 bits per heavy atom. The molecule has 4 nitrogen and oxygen atoms in total. The highest BCUT2D eigenvalue weighted by Gasteiger charge is 2.08. The van der Waals surface area contributed by atoms with Gasteiger partial charge in [0.25, 0.3) is 0 Å². The standard InChI is InChI=1S/C16H24N4S/c1-4-8-17-11-14-12-18-16(19-13(14)2)20(3)9-7-15-6-5-10-21-15/h5-6,10,12,17H,4,7-9,11H2,1-3H3. The zero-order chi connectivity index (χ0) is 15.1. The summed E-state index contributed by atoms with van der Waals surface area (Å²) in [6.45, 7) is 7.04. The van der Waals surface area contributed by atoms with Crippen LogP contribution < -0.4 is 10.2 Å². The van der Waals surface area contributed by atoms with E-state index >= 15 is 0 Å². The minimum absolute atomic E-state index is 0.809. The van der Waals surface area contributed by atoms with Crippen LogP contribution in [0.2, 0.25) is 0 Å². The summed E-state index contributed by atoms with van der Waals surface area (Å²) in [6, 6.07) is 4.27. The lowest BCUT2D eigenvalue weighted by Gasteiger charge is -2.17. The Labute approximate surface area is 131 Å². The van der Waals surface area contributed by atoms with Crippen molar-refractivity contribution >= 4 is 17.3 Å². The van der Waals surface area contributed by atoms with E-state index in [0.717, 1.165) is 44.1 Å². The molecule has 0 aromatic carbocycles. The molecule has 0 saturated heterocycles. The molecule has 0 unspecified atom stereocenters. The van der Waals surface area contributed by atoms with E-state index in [4.69, 9.17) is 0 Å². The number of thiophene rings is 1. The minimum Gasteiger partial charge on any atom is -0.344 e. The maximum atomic E-state index is 4.63. The highest BCUT2D eigenvalue weighted by molar-refractivity contribution is 7.09. The van der Waals surface area contributed by atoms with Crippen LogP contribution in [-0.4, -0.2) is 30.1 Å². The number of nitrogens with zero attached hydrogens (tertiary/aromatic N) is 3. The van der Waals surface area contributed by atoms with Crippen molar-refractivity contribution in [2.24, 2.45) is 0 Å². The van der Waals surface area contributed by atoms with Crippen LogP contribution in [0.5, 0.6) is 0 Å². The fourth-order valence-electron chi connectivity index (χ4n) is 2.07. The first-order valence-electron chi connectivity index (χ1n) is 7.47. The molecule has 0 bridgehead atoms. The fraction of sp³-hybridized carbons (Fsp3) is 0.500. The Morgan fingerprint density at radius 2 is 2.24 bits per heavy atom. The third kappa shape index (κ3) is 4.79. The van der Waals surface area contributed by atoms with Gasteiger partial charge in [-0.1, -0.05) is 13.0 Å². The number of likely N-dealkylation sites (N-methyl/N-ethyl adjacent to an activating group) is 1. The Balaban J connectivity index is 1.91. The van der Waals surface area contributed by atoms with Crippen molar-refractivity contribution in [1.29, 1.82) is 0 Å². The molecule has 0 aliphatic rings. The number of anilines is 1. The van der Waals surface area contributed by atoms with Crippen molar-refractivity contribution in [2.75, 3.05) is 25.0 Å². The molecule has 21 heavy (non-hydrogen) atoms. The van der Waals surface area contributed by atoms with Crippen LogP contribution in [0.1, 0.15) is 29.5 Å². The van der Waals surface area contributed by atoms with Crippen molar-refractivity contribution in [2.45, 2.75) is 33.2 Å². The van der Waals surface area contributed by atoms with Crippen LogP contribution in [0.4, 0.5) is 5.95 Å². The van der Waals surface area contributed by atoms with Gasteiger partial charge >= 0.3 is 0 Å². The van der Waals surface area contributed by atoms with Gasteiger partial charge in [0.15, 0.2) is 0 Å². The largest absolute Gasteiger partial charge is 0.344 e. The molecule has 0 atom stereocenters. The van der Waals surface area contributed by atoms with E-state index in [-0.39, 0.29) is 0 Å². The first-order chi connectivity index (χ1) is 10.2. The number of rotatable bonds is 8. The summed E-state index contributed by atoms with van der Waals surface area (Å²) in [6.07, 6.45) is 4.13. The maximum Gasteiger partial charge on any atom is 0.225 e. The minimum atomic E-state index is 0.809. The average Bonchev–Trinajstić information content (AvgIpc) is 3.00. The molecule has 0 spiro atoms. The topological polar surface area (TPSA) is 41.1 Å². The summed E-state index contributed by atoms with van der Waals surface area (Å²) in [5.41, 5.74) is 2.24. The smallest absolute Gasteiger partial charge is 0.225 e. The second-order valence-electron chi connectivity index (χ2n) is 5.21. The summed E-state index contributed by atoms with van der Waals surface area (Å²) in [7, 11) is 2.05. The molecule has 5 heteroatoms. The van der Waals surface area contributed by atoms with E-state index in [1.807, 2.05) is 6.20 Å². The van der Waals surface area contributed by atoms with Crippen molar-refractivity contribution in [3.8, 4) is 0 Å². The lowest BCUT2D eigenvalue weighted by atomic mass is 10.2. The number of hydrogen-bond donors (Lipinski definition) is 1. The lowest BCUT2D eigenvalue weighted by Crippen LogP contribution is -2.23. The van der Waals surface area contributed by atoms with Crippen LogP contribution in [0.3, 0.4) is 0 Å². The van der Waals surface area contributed by atoms with Gasteiger partial charge in [0, 0.05) is 42.5 Å². The molecule has 0 aliphatic carbocycles. The number of aromatic nitrogens is 2. The van der Waals surface area contributed by atoms with Gasteiger partial charge in [-0.15, -0.1) is 11.3 Å². The third-order valence-electron chi connectivity index (χ3n) is 3.43. The molecule has 114 valence electrons. The van der Waals surface area contributed by atoms with Gasteiger partial charge in [0.05, 0.1) is 0 Å². The van der Waals surface area contributed by atoms with Crippen molar-refractivity contribution in [3.63, 3.8) is 0 Å².